The molecule has 0 radical (unpaired) electrons. The van der Waals surface area contributed by atoms with E-state index in [1.54, 1.807) is 49.4 Å². The van der Waals surface area contributed by atoms with Gasteiger partial charge in [0.1, 0.15) is 5.76 Å². The molecule has 30 heavy (non-hydrogen) atoms. The topological polar surface area (TPSA) is 114 Å². The van der Waals surface area contributed by atoms with Crippen LogP contribution in [0.25, 0.3) is 0 Å². The third kappa shape index (κ3) is 3.27. The van der Waals surface area contributed by atoms with E-state index in [0.29, 0.717) is 22.6 Å². The SMILES string of the molecule is Cc1ccc(C(=O)CC2(O)C(=O)N(Cc3ccc([N+](=O)[O-])cc3)c3ccccc32)o1. The lowest BCUT2D eigenvalue weighted by atomic mass is 9.89. The number of hydrogen-bond acceptors (Lipinski definition) is 6. The lowest BCUT2D eigenvalue weighted by Gasteiger charge is -2.22. The molecule has 2 heterocycles. The molecule has 152 valence electrons. The maximum atomic E-state index is 13.2. The summed E-state index contributed by atoms with van der Waals surface area (Å²) in [5.74, 6) is -0.465. The molecule has 4 rings (SSSR count). The Morgan fingerprint density at radius 1 is 1.13 bits per heavy atom. The molecule has 1 atom stereocenters. The highest BCUT2D eigenvalue weighted by atomic mass is 16.6. The number of amides is 1. The summed E-state index contributed by atoms with van der Waals surface area (Å²) in [6, 6.07) is 15.7. The molecule has 3 aromatic rings. The number of carbonyl (C=O) groups excluding carboxylic acids is 2. The van der Waals surface area contributed by atoms with Gasteiger partial charge in [0.05, 0.1) is 23.6 Å². The molecule has 0 spiro atoms. The molecule has 0 saturated heterocycles. The van der Waals surface area contributed by atoms with Gasteiger partial charge in [0.15, 0.2) is 11.4 Å². The number of nitrogens with zero attached hydrogens (tertiary/aromatic N) is 2. The highest BCUT2D eigenvalue weighted by molar-refractivity contribution is 6.10. The molecule has 1 aromatic heterocycles. The lowest BCUT2D eigenvalue weighted by Crippen LogP contribution is -2.41. The van der Waals surface area contributed by atoms with Crippen molar-refractivity contribution in [1.82, 2.24) is 0 Å². The maximum Gasteiger partial charge on any atom is 0.269 e. The number of rotatable bonds is 6. The second-order valence-electron chi connectivity index (χ2n) is 7.20. The Kier molecular flexibility index (Phi) is 4.71. The summed E-state index contributed by atoms with van der Waals surface area (Å²) in [6.07, 6.45) is -0.452. The minimum atomic E-state index is -2.02. The van der Waals surface area contributed by atoms with Gasteiger partial charge in [-0.2, -0.15) is 0 Å². The number of benzene rings is 2. The fraction of sp³-hybridized carbons (Fsp3) is 0.182. The molecule has 8 nitrogen and oxygen atoms in total. The van der Waals surface area contributed by atoms with E-state index in [9.17, 15) is 24.8 Å². The average Bonchev–Trinajstić information content (AvgIpc) is 3.25. The van der Waals surface area contributed by atoms with Crippen LogP contribution in [0.15, 0.2) is 65.1 Å². The van der Waals surface area contributed by atoms with Crippen LogP contribution in [0.4, 0.5) is 11.4 Å². The van der Waals surface area contributed by atoms with Crippen molar-refractivity contribution in [2.45, 2.75) is 25.5 Å². The maximum absolute atomic E-state index is 13.2. The van der Waals surface area contributed by atoms with Gasteiger partial charge in [-0.25, -0.2) is 0 Å². The molecule has 0 saturated carbocycles. The van der Waals surface area contributed by atoms with Crippen molar-refractivity contribution in [2.75, 3.05) is 4.90 Å². The Bertz CT molecular complexity index is 1150. The number of furan rings is 1. The number of anilines is 1. The van der Waals surface area contributed by atoms with Crippen LogP contribution in [0.3, 0.4) is 0 Å². The predicted octanol–water partition coefficient (Wildman–Crippen LogP) is 3.50. The van der Waals surface area contributed by atoms with Crippen LogP contribution in [0.2, 0.25) is 0 Å². The third-order valence-corrected chi connectivity index (χ3v) is 5.16. The fourth-order valence-corrected chi connectivity index (χ4v) is 3.64. The molecule has 1 amide bonds. The number of para-hydroxylation sites is 1. The first-order chi connectivity index (χ1) is 14.3. The Morgan fingerprint density at radius 2 is 1.83 bits per heavy atom. The molecular weight excluding hydrogens is 388 g/mol. The summed E-state index contributed by atoms with van der Waals surface area (Å²) < 4.78 is 5.34. The van der Waals surface area contributed by atoms with Crippen LogP contribution < -0.4 is 4.90 Å². The summed E-state index contributed by atoms with van der Waals surface area (Å²) in [6.45, 7) is 1.80. The van der Waals surface area contributed by atoms with E-state index >= 15 is 0 Å². The minimum Gasteiger partial charge on any atom is -0.458 e. The second-order valence-corrected chi connectivity index (χ2v) is 7.20. The molecule has 0 bridgehead atoms. The number of non-ortho nitro benzene ring substituents is 1. The predicted molar refractivity (Wildman–Crippen MR) is 107 cm³/mol. The molecule has 2 aromatic carbocycles. The van der Waals surface area contributed by atoms with Gasteiger partial charge in [-0.1, -0.05) is 30.3 Å². The van der Waals surface area contributed by atoms with Gasteiger partial charge in [0.25, 0.3) is 11.6 Å². The van der Waals surface area contributed by atoms with Crippen molar-refractivity contribution < 1.29 is 24.0 Å². The molecule has 8 heteroatoms. The van der Waals surface area contributed by atoms with Gasteiger partial charge in [-0.05, 0) is 30.7 Å². The molecule has 0 aliphatic carbocycles. The third-order valence-electron chi connectivity index (χ3n) is 5.16. The Balaban J connectivity index is 1.65. The zero-order valence-electron chi connectivity index (χ0n) is 16.1. The van der Waals surface area contributed by atoms with E-state index in [2.05, 4.69) is 0 Å². The largest absolute Gasteiger partial charge is 0.458 e. The molecule has 0 fully saturated rings. The Hall–Kier alpha value is -3.78. The molecule has 1 aliphatic heterocycles. The molecular formula is C22H18N2O6. The van der Waals surface area contributed by atoms with Crippen LogP contribution in [0, 0.1) is 17.0 Å². The molecule has 1 N–H and O–H groups in total. The summed E-state index contributed by atoms with van der Waals surface area (Å²) >= 11 is 0. The highest BCUT2D eigenvalue weighted by Crippen LogP contribution is 2.43. The zero-order chi connectivity index (χ0) is 21.5. The van der Waals surface area contributed by atoms with Gasteiger partial charge >= 0.3 is 0 Å². The van der Waals surface area contributed by atoms with E-state index < -0.39 is 28.6 Å². The number of nitro benzene ring substituents is 1. The Morgan fingerprint density at radius 3 is 2.47 bits per heavy atom. The van der Waals surface area contributed by atoms with Crippen LogP contribution in [-0.4, -0.2) is 21.7 Å². The smallest absolute Gasteiger partial charge is 0.269 e. The normalized spacial score (nSPS) is 17.8. The second kappa shape index (κ2) is 7.23. The van der Waals surface area contributed by atoms with Gasteiger partial charge in [0.2, 0.25) is 5.78 Å². The van der Waals surface area contributed by atoms with E-state index in [0.717, 1.165) is 0 Å². The van der Waals surface area contributed by atoms with Gasteiger partial charge in [-0.15, -0.1) is 0 Å². The number of hydrogen-bond donors (Lipinski definition) is 1. The quantitative estimate of drug-likeness (QED) is 0.381. The van der Waals surface area contributed by atoms with Gasteiger partial charge < -0.3 is 14.4 Å². The Labute approximate surface area is 171 Å². The van der Waals surface area contributed by atoms with Gasteiger partial charge in [0, 0.05) is 17.7 Å². The van der Waals surface area contributed by atoms with Crippen molar-refractivity contribution in [2.24, 2.45) is 0 Å². The number of carbonyl (C=O) groups is 2. The minimum absolute atomic E-state index is 0.0530. The standard InChI is InChI=1S/C22H18N2O6/c1-14-6-11-20(30-14)19(25)12-22(27)17-4-2-3-5-18(17)23(21(22)26)13-15-7-9-16(10-8-15)24(28)29/h2-11,27H,12-13H2,1H3. The van der Waals surface area contributed by atoms with Crippen molar-refractivity contribution in [3.8, 4) is 0 Å². The van der Waals surface area contributed by atoms with E-state index in [-0.39, 0.29) is 18.0 Å². The first-order valence-corrected chi connectivity index (χ1v) is 9.26. The summed E-state index contributed by atoms with van der Waals surface area (Å²) in [5, 5.41) is 22.1. The lowest BCUT2D eigenvalue weighted by molar-refractivity contribution is -0.384. The van der Waals surface area contributed by atoms with Crippen LogP contribution >= 0.6 is 0 Å². The van der Waals surface area contributed by atoms with Crippen molar-refractivity contribution in [1.29, 1.82) is 0 Å². The number of aliphatic hydroxyl groups is 1. The number of aryl methyl sites for hydroxylation is 1. The molecule has 1 aliphatic rings. The van der Waals surface area contributed by atoms with E-state index in [4.69, 9.17) is 4.42 Å². The summed E-state index contributed by atoms with van der Waals surface area (Å²) in [5.41, 5.74) is -0.584. The average molecular weight is 406 g/mol. The number of nitro groups is 1. The van der Waals surface area contributed by atoms with Gasteiger partial charge in [-0.3, -0.25) is 19.7 Å². The van der Waals surface area contributed by atoms with E-state index in [1.165, 1.54) is 23.1 Å². The monoisotopic (exact) mass is 406 g/mol. The summed E-state index contributed by atoms with van der Waals surface area (Å²) in [7, 11) is 0. The first-order valence-electron chi connectivity index (χ1n) is 9.26. The van der Waals surface area contributed by atoms with E-state index in [1.807, 2.05) is 0 Å². The van der Waals surface area contributed by atoms with Crippen molar-refractivity contribution >= 4 is 23.1 Å². The number of ketones is 1. The number of fused-ring (bicyclic) bond motifs is 1. The van der Waals surface area contributed by atoms with Crippen molar-refractivity contribution in [3.05, 3.63) is 93.4 Å². The number of Topliss-reactive ketones (excluding diaryl/α,β-unsaturated/α-hetero) is 1. The molecule has 1 unspecified atom stereocenters. The zero-order valence-corrected chi connectivity index (χ0v) is 16.1. The highest BCUT2D eigenvalue weighted by Gasteiger charge is 2.51. The summed E-state index contributed by atoms with van der Waals surface area (Å²) in [4.78, 5) is 37.6. The first kappa shape index (κ1) is 19.5. The fourth-order valence-electron chi connectivity index (χ4n) is 3.64. The van der Waals surface area contributed by atoms with Crippen LogP contribution in [0.1, 0.15) is 33.9 Å². The van der Waals surface area contributed by atoms with Crippen molar-refractivity contribution in [3.63, 3.8) is 0 Å². The van der Waals surface area contributed by atoms with Crippen LogP contribution in [0.5, 0.6) is 0 Å². The van der Waals surface area contributed by atoms with Crippen LogP contribution in [-0.2, 0) is 16.9 Å².